The number of hydrogen-bond acceptors (Lipinski definition) is 7. The second-order valence-electron chi connectivity index (χ2n) is 10.3. The Hall–Kier alpha value is -4.91. The van der Waals surface area contributed by atoms with Gasteiger partial charge in [-0.1, -0.05) is 36.9 Å². The summed E-state index contributed by atoms with van der Waals surface area (Å²) in [6.45, 7) is 7.13. The third kappa shape index (κ3) is 11.5. The first-order chi connectivity index (χ1) is 20.3. The van der Waals surface area contributed by atoms with Crippen LogP contribution in [0.15, 0.2) is 48.0 Å². The van der Waals surface area contributed by atoms with Crippen molar-refractivity contribution in [1.29, 1.82) is 0 Å². The molecular weight excluding hydrogens is 552 g/mol. The summed E-state index contributed by atoms with van der Waals surface area (Å²) >= 11 is 0. The summed E-state index contributed by atoms with van der Waals surface area (Å²) in [6, 6.07) is 7.20. The molecular formula is C30H42N8O5. The van der Waals surface area contributed by atoms with Crippen LogP contribution in [0.4, 0.5) is 0 Å². The lowest BCUT2D eigenvalue weighted by Crippen LogP contribution is -2.57. The zero-order chi connectivity index (χ0) is 32.1. The van der Waals surface area contributed by atoms with Crippen LogP contribution in [0.5, 0.6) is 5.75 Å². The van der Waals surface area contributed by atoms with Crippen molar-refractivity contribution in [3.63, 3.8) is 0 Å². The number of carbonyl (C=O) groups excluding carboxylic acids is 4. The standard InChI is InChI=1S/C30H42N8O5/c1-4-19-7-9-20(10-8-19)14-25(28(42)36-16-26(32)40)38-29(43)24(6-5-11-35-30(33)34)37-27(41)23(31)15-22-17(2)12-21(39)13-18(22)3/h4,7-10,12-13,23-25,39H,1,5-6,11,14-16,31H2,2-3H3,(H2,32,40)(H,36,42)(H,37,41)(H,38,43)(H4,33,34,35)/t23-,24+,25-/m0/s1. The predicted octanol–water partition coefficient (Wildman–Crippen LogP) is -0.611. The lowest BCUT2D eigenvalue weighted by Gasteiger charge is -2.24. The number of rotatable bonds is 16. The zero-order valence-corrected chi connectivity index (χ0v) is 24.6. The van der Waals surface area contributed by atoms with Crippen LogP contribution < -0.4 is 38.9 Å². The fourth-order valence-electron chi connectivity index (χ4n) is 4.46. The Balaban J connectivity index is 2.25. The van der Waals surface area contributed by atoms with E-state index in [2.05, 4.69) is 27.5 Å². The van der Waals surface area contributed by atoms with E-state index < -0.39 is 48.3 Å². The first-order valence-electron chi connectivity index (χ1n) is 13.8. The number of phenolic OH excluding ortho intramolecular Hbond substituents is 1. The van der Waals surface area contributed by atoms with Crippen LogP contribution in [-0.4, -0.2) is 65.9 Å². The Morgan fingerprint density at radius 1 is 0.930 bits per heavy atom. The van der Waals surface area contributed by atoms with Crippen LogP contribution in [0.1, 0.15) is 40.7 Å². The van der Waals surface area contributed by atoms with Crippen molar-refractivity contribution < 1.29 is 24.3 Å². The minimum absolute atomic E-state index is 0.0986. The Morgan fingerprint density at radius 2 is 1.53 bits per heavy atom. The average molecular weight is 595 g/mol. The highest BCUT2D eigenvalue weighted by atomic mass is 16.3. The van der Waals surface area contributed by atoms with Gasteiger partial charge in [-0.05, 0) is 73.1 Å². The number of aromatic hydroxyl groups is 1. The minimum Gasteiger partial charge on any atom is -0.508 e. The molecule has 0 aliphatic heterocycles. The molecule has 0 heterocycles. The van der Waals surface area contributed by atoms with Crippen molar-refractivity contribution in [3.8, 4) is 5.75 Å². The van der Waals surface area contributed by atoms with E-state index >= 15 is 0 Å². The van der Waals surface area contributed by atoms with Gasteiger partial charge in [-0.3, -0.25) is 24.2 Å². The van der Waals surface area contributed by atoms with E-state index in [-0.39, 0.29) is 37.5 Å². The molecule has 43 heavy (non-hydrogen) atoms. The fourth-order valence-corrected chi connectivity index (χ4v) is 4.46. The molecule has 0 spiro atoms. The number of guanidine groups is 1. The molecule has 0 radical (unpaired) electrons. The number of phenols is 1. The average Bonchev–Trinajstić information content (AvgIpc) is 2.94. The van der Waals surface area contributed by atoms with Gasteiger partial charge >= 0.3 is 0 Å². The molecule has 13 heteroatoms. The third-order valence-corrected chi connectivity index (χ3v) is 6.74. The number of primary amides is 1. The van der Waals surface area contributed by atoms with Crippen molar-refractivity contribution in [1.82, 2.24) is 16.0 Å². The number of nitrogens with one attached hydrogen (secondary N) is 3. The van der Waals surface area contributed by atoms with Gasteiger partial charge in [0.2, 0.25) is 23.6 Å². The van der Waals surface area contributed by atoms with Gasteiger partial charge < -0.3 is 44.0 Å². The van der Waals surface area contributed by atoms with Gasteiger partial charge in [0.05, 0.1) is 12.6 Å². The molecule has 4 amide bonds. The molecule has 0 aliphatic carbocycles. The monoisotopic (exact) mass is 594 g/mol. The lowest BCUT2D eigenvalue weighted by molar-refractivity contribution is -0.133. The normalized spacial score (nSPS) is 12.7. The molecule has 232 valence electrons. The van der Waals surface area contributed by atoms with E-state index in [1.165, 1.54) is 0 Å². The summed E-state index contributed by atoms with van der Waals surface area (Å²) in [4.78, 5) is 54.8. The van der Waals surface area contributed by atoms with Gasteiger partial charge in [0.15, 0.2) is 5.96 Å². The van der Waals surface area contributed by atoms with Crippen molar-refractivity contribution in [3.05, 3.63) is 70.8 Å². The summed E-state index contributed by atoms with van der Waals surface area (Å²) in [5, 5.41) is 17.6. The summed E-state index contributed by atoms with van der Waals surface area (Å²) in [5.41, 5.74) is 26.2. The van der Waals surface area contributed by atoms with Crippen molar-refractivity contribution in [2.45, 2.75) is 57.7 Å². The van der Waals surface area contributed by atoms with Crippen LogP contribution in [0.25, 0.3) is 6.08 Å². The fraction of sp³-hybridized carbons (Fsp3) is 0.367. The summed E-state index contributed by atoms with van der Waals surface area (Å²) in [5.74, 6) is -2.58. The molecule has 0 unspecified atom stereocenters. The maximum Gasteiger partial charge on any atom is 0.243 e. The van der Waals surface area contributed by atoms with E-state index in [0.717, 1.165) is 27.8 Å². The van der Waals surface area contributed by atoms with Crippen LogP contribution in [0.3, 0.4) is 0 Å². The van der Waals surface area contributed by atoms with Gasteiger partial charge in [-0.15, -0.1) is 0 Å². The maximum absolute atomic E-state index is 13.5. The molecule has 2 aromatic carbocycles. The molecule has 2 aromatic rings. The third-order valence-electron chi connectivity index (χ3n) is 6.74. The molecule has 0 bridgehead atoms. The summed E-state index contributed by atoms with van der Waals surface area (Å²) < 4.78 is 0. The summed E-state index contributed by atoms with van der Waals surface area (Å²) in [6.07, 6.45) is 2.42. The van der Waals surface area contributed by atoms with Crippen molar-refractivity contribution in [2.75, 3.05) is 13.1 Å². The van der Waals surface area contributed by atoms with E-state index in [1.807, 2.05) is 12.1 Å². The number of nitrogens with zero attached hydrogens (tertiary/aromatic N) is 1. The van der Waals surface area contributed by atoms with Crippen molar-refractivity contribution >= 4 is 35.7 Å². The lowest BCUT2D eigenvalue weighted by atomic mass is 9.95. The van der Waals surface area contributed by atoms with E-state index in [1.54, 1.807) is 44.2 Å². The predicted molar refractivity (Wildman–Crippen MR) is 165 cm³/mol. The number of carbonyl (C=O) groups is 4. The second kappa shape index (κ2) is 16.5. The van der Waals surface area contributed by atoms with E-state index in [4.69, 9.17) is 22.9 Å². The topological polar surface area (TPSA) is 241 Å². The number of aliphatic imine (C=N–C) groups is 1. The SMILES string of the molecule is C=Cc1ccc(C[C@H](NC(=O)[C@@H](CCCN=C(N)N)NC(=O)[C@@H](N)Cc2c(C)cc(O)cc2C)C(=O)NCC(N)=O)cc1. The summed E-state index contributed by atoms with van der Waals surface area (Å²) in [7, 11) is 0. The van der Waals surface area contributed by atoms with E-state index in [0.29, 0.717) is 6.42 Å². The smallest absolute Gasteiger partial charge is 0.243 e. The number of nitrogens with two attached hydrogens (primary N) is 4. The first-order valence-corrected chi connectivity index (χ1v) is 13.8. The molecule has 2 rings (SSSR count). The largest absolute Gasteiger partial charge is 0.508 e. The number of hydrogen-bond donors (Lipinski definition) is 8. The molecule has 12 N–H and O–H groups in total. The molecule has 0 aliphatic rings. The quantitative estimate of drug-likeness (QED) is 0.0706. The van der Waals surface area contributed by atoms with Crippen LogP contribution in [0.2, 0.25) is 0 Å². The van der Waals surface area contributed by atoms with Gasteiger partial charge in [-0.2, -0.15) is 0 Å². The Morgan fingerprint density at radius 3 is 2.09 bits per heavy atom. The Labute approximate surface area is 251 Å². The minimum atomic E-state index is -1.09. The number of benzene rings is 2. The first kappa shape index (κ1) is 34.3. The Bertz CT molecular complexity index is 1320. The van der Waals surface area contributed by atoms with Gasteiger partial charge in [0.25, 0.3) is 0 Å². The van der Waals surface area contributed by atoms with Gasteiger partial charge in [-0.25, -0.2) is 0 Å². The highest BCUT2D eigenvalue weighted by molar-refractivity contribution is 5.94. The molecule has 0 fully saturated rings. The molecule has 0 saturated heterocycles. The number of aryl methyl sites for hydroxylation is 2. The molecule has 3 atom stereocenters. The van der Waals surface area contributed by atoms with Crippen LogP contribution in [0, 0.1) is 13.8 Å². The van der Waals surface area contributed by atoms with Crippen molar-refractivity contribution in [2.24, 2.45) is 27.9 Å². The molecule has 0 saturated carbocycles. The van der Waals surface area contributed by atoms with Gasteiger partial charge in [0.1, 0.15) is 17.8 Å². The van der Waals surface area contributed by atoms with Crippen LogP contribution >= 0.6 is 0 Å². The second-order valence-corrected chi connectivity index (χ2v) is 10.3. The number of amides is 4. The Kier molecular flexibility index (Phi) is 13.2. The highest BCUT2D eigenvalue weighted by Gasteiger charge is 2.29. The molecule has 13 nitrogen and oxygen atoms in total. The highest BCUT2D eigenvalue weighted by Crippen LogP contribution is 2.22. The maximum atomic E-state index is 13.5. The molecule has 0 aromatic heterocycles. The van der Waals surface area contributed by atoms with Crippen LogP contribution in [-0.2, 0) is 32.0 Å². The zero-order valence-electron chi connectivity index (χ0n) is 24.6. The van der Waals surface area contributed by atoms with E-state index in [9.17, 15) is 24.3 Å². The van der Waals surface area contributed by atoms with Gasteiger partial charge in [0, 0.05) is 13.0 Å².